The fourth-order valence-corrected chi connectivity index (χ4v) is 4.50. The minimum absolute atomic E-state index is 0.655. The summed E-state index contributed by atoms with van der Waals surface area (Å²) < 4.78 is 0. The quantitative estimate of drug-likeness (QED) is 0.585. The Labute approximate surface area is 84.0 Å². The van der Waals surface area contributed by atoms with Crippen LogP contribution in [0.4, 0.5) is 0 Å². The van der Waals surface area contributed by atoms with Gasteiger partial charge in [0.1, 0.15) is 0 Å². The normalized spacial score (nSPS) is 24.9. The molecule has 1 aromatic heterocycles. The monoisotopic (exact) mass is 192 g/mol. The zero-order valence-corrected chi connectivity index (χ0v) is 8.83. The number of thiophene rings is 1. The van der Waals surface area contributed by atoms with Gasteiger partial charge in [-0.2, -0.15) is 0 Å². The number of rotatable bonds is 0. The van der Waals surface area contributed by atoms with Crippen molar-refractivity contribution >= 4 is 11.3 Å². The van der Waals surface area contributed by atoms with E-state index in [1.54, 1.807) is 10.4 Å². The molecule has 2 aliphatic rings. The lowest BCUT2D eigenvalue weighted by Gasteiger charge is -2.33. The predicted molar refractivity (Wildman–Crippen MR) is 57.4 cm³/mol. The van der Waals surface area contributed by atoms with Gasteiger partial charge >= 0.3 is 0 Å². The van der Waals surface area contributed by atoms with Crippen LogP contribution in [-0.4, -0.2) is 0 Å². The molecular weight excluding hydrogens is 176 g/mol. The van der Waals surface area contributed by atoms with Gasteiger partial charge in [-0.3, -0.25) is 0 Å². The number of hydrogen-bond donors (Lipinski definition) is 0. The van der Waals surface area contributed by atoms with Crippen LogP contribution in [0.1, 0.15) is 49.0 Å². The van der Waals surface area contributed by atoms with Crippen LogP contribution in [0.15, 0.2) is 11.4 Å². The Morgan fingerprint density at radius 1 is 1.08 bits per heavy atom. The van der Waals surface area contributed by atoms with Gasteiger partial charge in [0.15, 0.2) is 0 Å². The molecule has 2 aliphatic carbocycles. The highest BCUT2D eigenvalue weighted by Crippen LogP contribution is 2.50. The number of hydrogen-bond acceptors (Lipinski definition) is 1. The van der Waals surface area contributed by atoms with Crippen LogP contribution >= 0.6 is 11.3 Å². The van der Waals surface area contributed by atoms with Gasteiger partial charge in [-0.1, -0.05) is 12.8 Å². The lowest BCUT2D eigenvalue weighted by Crippen LogP contribution is -2.25. The molecule has 1 heteroatoms. The van der Waals surface area contributed by atoms with E-state index in [-0.39, 0.29) is 0 Å². The maximum atomic E-state index is 2.36. The van der Waals surface area contributed by atoms with Crippen molar-refractivity contribution in [3.05, 3.63) is 21.9 Å². The fraction of sp³-hybridized carbons (Fsp3) is 0.667. The van der Waals surface area contributed by atoms with Gasteiger partial charge in [0.05, 0.1) is 0 Å². The number of aryl methyl sites for hydroxylation is 1. The molecule has 0 amide bonds. The molecule has 0 aromatic carbocycles. The Kier molecular flexibility index (Phi) is 1.76. The molecule has 70 valence electrons. The summed E-state index contributed by atoms with van der Waals surface area (Å²) in [6.07, 6.45) is 10.1. The molecule has 0 radical (unpaired) electrons. The van der Waals surface area contributed by atoms with Crippen LogP contribution in [0.3, 0.4) is 0 Å². The van der Waals surface area contributed by atoms with Crippen molar-refractivity contribution in [2.75, 3.05) is 0 Å². The molecule has 0 saturated heterocycles. The van der Waals surface area contributed by atoms with Crippen LogP contribution < -0.4 is 0 Å². The van der Waals surface area contributed by atoms with E-state index in [9.17, 15) is 0 Å². The molecular formula is C12H16S. The highest BCUT2D eigenvalue weighted by atomic mass is 32.1. The van der Waals surface area contributed by atoms with Gasteiger partial charge in [-0.05, 0) is 49.1 Å². The predicted octanol–water partition coefficient (Wildman–Crippen LogP) is 3.90. The molecule has 0 bridgehead atoms. The molecule has 1 heterocycles. The fourth-order valence-electron chi connectivity index (χ4n) is 3.26. The number of fused-ring (bicyclic) bond motifs is 2. The lowest BCUT2D eigenvalue weighted by atomic mass is 9.74. The molecule has 1 spiro atoms. The highest BCUT2D eigenvalue weighted by Gasteiger charge is 2.39. The molecule has 0 N–H and O–H groups in total. The van der Waals surface area contributed by atoms with Gasteiger partial charge in [0, 0.05) is 10.3 Å². The molecule has 1 saturated carbocycles. The third kappa shape index (κ3) is 1.10. The van der Waals surface area contributed by atoms with Crippen molar-refractivity contribution in [1.82, 2.24) is 0 Å². The topological polar surface area (TPSA) is 0 Å². The first-order valence-corrected chi connectivity index (χ1v) is 6.36. The SMILES string of the molecule is c1cc2c(s1)C1(CCCC1)CCC2. The third-order valence-corrected chi connectivity index (χ3v) is 5.09. The highest BCUT2D eigenvalue weighted by molar-refractivity contribution is 7.10. The summed E-state index contributed by atoms with van der Waals surface area (Å²) >= 11 is 2.02. The average Bonchev–Trinajstić information content (AvgIpc) is 2.74. The Morgan fingerprint density at radius 2 is 1.85 bits per heavy atom. The average molecular weight is 192 g/mol. The Hall–Kier alpha value is -0.300. The van der Waals surface area contributed by atoms with E-state index in [4.69, 9.17) is 0 Å². The zero-order valence-electron chi connectivity index (χ0n) is 8.01. The summed E-state index contributed by atoms with van der Waals surface area (Å²) in [5, 5.41) is 2.30. The van der Waals surface area contributed by atoms with Crippen LogP contribution in [-0.2, 0) is 11.8 Å². The van der Waals surface area contributed by atoms with E-state index in [1.807, 2.05) is 11.3 Å². The summed E-state index contributed by atoms with van der Waals surface area (Å²) in [4.78, 5) is 1.76. The summed E-state index contributed by atoms with van der Waals surface area (Å²) in [6, 6.07) is 2.36. The largest absolute Gasteiger partial charge is 0.148 e. The van der Waals surface area contributed by atoms with Gasteiger partial charge in [0.25, 0.3) is 0 Å². The van der Waals surface area contributed by atoms with Crippen LogP contribution in [0, 0.1) is 0 Å². The Bertz CT molecular complexity index is 305. The second-order valence-electron chi connectivity index (χ2n) is 4.62. The molecule has 3 rings (SSSR count). The minimum Gasteiger partial charge on any atom is -0.148 e. The molecule has 1 fully saturated rings. The van der Waals surface area contributed by atoms with Crippen LogP contribution in [0.25, 0.3) is 0 Å². The first kappa shape index (κ1) is 8.05. The van der Waals surface area contributed by atoms with Crippen LogP contribution in [0.2, 0.25) is 0 Å². The van der Waals surface area contributed by atoms with E-state index >= 15 is 0 Å². The first-order chi connectivity index (χ1) is 6.41. The Balaban J connectivity index is 2.08. The summed E-state index contributed by atoms with van der Waals surface area (Å²) in [6.45, 7) is 0. The molecule has 1 aromatic rings. The summed E-state index contributed by atoms with van der Waals surface area (Å²) in [7, 11) is 0. The van der Waals surface area contributed by atoms with Gasteiger partial charge < -0.3 is 0 Å². The van der Waals surface area contributed by atoms with Crippen molar-refractivity contribution in [1.29, 1.82) is 0 Å². The van der Waals surface area contributed by atoms with Crippen LogP contribution in [0.5, 0.6) is 0 Å². The van der Waals surface area contributed by atoms with Crippen molar-refractivity contribution < 1.29 is 0 Å². The minimum atomic E-state index is 0.655. The van der Waals surface area contributed by atoms with Crippen molar-refractivity contribution in [2.45, 2.75) is 50.4 Å². The van der Waals surface area contributed by atoms with Crippen molar-refractivity contribution in [2.24, 2.45) is 0 Å². The van der Waals surface area contributed by atoms with Crippen molar-refractivity contribution in [3.8, 4) is 0 Å². The van der Waals surface area contributed by atoms with Crippen molar-refractivity contribution in [3.63, 3.8) is 0 Å². The third-order valence-electron chi connectivity index (χ3n) is 3.89. The summed E-state index contributed by atoms with van der Waals surface area (Å²) in [5.41, 5.74) is 2.33. The maximum absolute atomic E-state index is 2.36. The smallest absolute Gasteiger partial charge is 0.0139 e. The molecule has 0 atom stereocenters. The van der Waals surface area contributed by atoms with E-state index in [2.05, 4.69) is 11.4 Å². The van der Waals surface area contributed by atoms with E-state index in [1.165, 1.54) is 44.9 Å². The second-order valence-corrected chi connectivity index (χ2v) is 5.53. The molecule has 0 aliphatic heterocycles. The lowest BCUT2D eigenvalue weighted by molar-refractivity contribution is 0.378. The maximum Gasteiger partial charge on any atom is 0.0139 e. The van der Waals surface area contributed by atoms with Gasteiger partial charge in [-0.15, -0.1) is 11.3 Å². The first-order valence-electron chi connectivity index (χ1n) is 5.48. The molecule has 0 nitrogen and oxygen atoms in total. The standard InChI is InChI=1S/C12H16S/c1-2-7-12(6-1)8-3-4-10-5-9-13-11(10)12/h5,9H,1-4,6-8H2. The van der Waals surface area contributed by atoms with E-state index in [0.29, 0.717) is 5.41 Å². The molecule has 13 heavy (non-hydrogen) atoms. The second kappa shape index (κ2) is 2.84. The van der Waals surface area contributed by atoms with Gasteiger partial charge in [-0.25, -0.2) is 0 Å². The summed E-state index contributed by atoms with van der Waals surface area (Å²) in [5.74, 6) is 0. The Morgan fingerprint density at radius 3 is 2.69 bits per heavy atom. The van der Waals surface area contributed by atoms with E-state index in [0.717, 1.165) is 0 Å². The zero-order chi connectivity index (χ0) is 8.73. The van der Waals surface area contributed by atoms with Gasteiger partial charge in [0.2, 0.25) is 0 Å². The van der Waals surface area contributed by atoms with E-state index < -0.39 is 0 Å². The molecule has 0 unspecified atom stereocenters.